The third-order valence-electron chi connectivity index (χ3n) is 2.71. The quantitative estimate of drug-likeness (QED) is 0.815. The molecule has 0 aliphatic rings. The van der Waals surface area contributed by atoms with Crippen LogP contribution in [-0.4, -0.2) is 20.4 Å². The minimum atomic E-state index is -0.166. The molecule has 2 rings (SSSR count). The molecule has 0 fully saturated rings. The number of hydrogen-bond acceptors (Lipinski definition) is 3. The topological polar surface area (TPSA) is 72.9 Å². The van der Waals surface area contributed by atoms with Gasteiger partial charge in [0.2, 0.25) is 0 Å². The van der Waals surface area contributed by atoms with Crippen molar-refractivity contribution in [2.75, 3.05) is 0 Å². The summed E-state index contributed by atoms with van der Waals surface area (Å²) in [6.07, 6.45) is 3.11. The zero-order chi connectivity index (χ0) is 13.8. The molecule has 3 N–H and O–H groups in total. The van der Waals surface area contributed by atoms with Crippen LogP contribution in [0.3, 0.4) is 0 Å². The molecule has 19 heavy (non-hydrogen) atoms. The Balaban J connectivity index is 2.03. The van der Waals surface area contributed by atoms with E-state index in [1.807, 2.05) is 24.3 Å². The van der Waals surface area contributed by atoms with Crippen molar-refractivity contribution in [3.8, 4) is 0 Å². The second kappa shape index (κ2) is 5.62. The van der Waals surface area contributed by atoms with E-state index in [0.717, 1.165) is 11.1 Å². The molecular formula is C13H14N4OS. The lowest BCUT2D eigenvalue weighted by molar-refractivity contribution is 0.0942. The molecule has 1 aromatic heterocycles. The summed E-state index contributed by atoms with van der Waals surface area (Å²) < 4.78 is 1.67. The highest BCUT2D eigenvalue weighted by molar-refractivity contribution is 7.80. The third kappa shape index (κ3) is 3.17. The minimum absolute atomic E-state index is 0.166. The molecular weight excluding hydrogens is 260 g/mol. The van der Waals surface area contributed by atoms with Gasteiger partial charge in [-0.1, -0.05) is 30.4 Å². The number of rotatable bonds is 4. The molecule has 0 aliphatic carbocycles. The van der Waals surface area contributed by atoms with Crippen LogP contribution in [0.15, 0.2) is 36.8 Å². The molecule has 0 saturated carbocycles. The van der Waals surface area contributed by atoms with Crippen LogP contribution in [0.5, 0.6) is 0 Å². The first-order valence-corrected chi connectivity index (χ1v) is 6.12. The van der Waals surface area contributed by atoms with Crippen molar-refractivity contribution in [1.82, 2.24) is 14.9 Å². The summed E-state index contributed by atoms with van der Waals surface area (Å²) in [5.74, 6) is -0.166. The maximum atomic E-state index is 11.9. The van der Waals surface area contributed by atoms with Crippen LogP contribution in [0.4, 0.5) is 0 Å². The number of hydrogen-bond donors (Lipinski definition) is 2. The van der Waals surface area contributed by atoms with Crippen LogP contribution in [0.2, 0.25) is 0 Å². The van der Waals surface area contributed by atoms with Gasteiger partial charge in [0.05, 0.1) is 12.5 Å². The van der Waals surface area contributed by atoms with Gasteiger partial charge in [-0.15, -0.1) is 0 Å². The van der Waals surface area contributed by atoms with E-state index < -0.39 is 0 Å². The second-order valence-electron chi connectivity index (χ2n) is 4.14. The number of carbonyl (C=O) groups excluding carboxylic acids is 1. The molecule has 0 radical (unpaired) electrons. The lowest BCUT2D eigenvalue weighted by atomic mass is 10.1. The van der Waals surface area contributed by atoms with Gasteiger partial charge in [-0.25, -0.2) is 4.98 Å². The van der Waals surface area contributed by atoms with E-state index in [2.05, 4.69) is 10.3 Å². The van der Waals surface area contributed by atoms with Crippen molar-refractivity contribution >= 4 is 23.1 Å². The van der Waals surface area contributed by atoms with Crippen molar-refractivity contribution in [2.45, 2.75) is 6.54 Å². The van der Waals surface area contributed by atoms with Crippen molar-refractivity contribution in [3.05, 3.63) is 53.6 Å². The highest BCUT2D eigenvalue weighted by atomic mass is 32.1. The second-order valence-corrected chi connectivity index (χ2v) is 4.58. The predicted molar refractivity (Wildman–Crippen MR) is 76.7 cm³/mol. The molecule has 0 unspecified atom stereocenters. The fourth-order valence-electron chi connectivity index (χ4n) is 1.68. The van der Waals surface area contributed by atoms with Crippen LogP contribution >= 0.6 is 12.2 Å². The Morgan fingerprint density at radius 3 is 2.95 bits per heavy atom. The normalized spacial score (nSPS) is 10.2. The highest BCUT2D eigenvalue weighted by Gasteiger charge is 2.09. The molecule has 2 aromatic rings. The zero-order valence-electron chi connectivity index (χ0n) is 10.5. The number of imidazole rings is 1. The Morgan fingerprint density at radius 2 is 2.32 bits per heavy atom. The van der Waals surface area contributed by atoms with Crippen molar-refractivity contribution in [2.24, 2.45) is 12.8 Å². The first-order valence-electron chi connectivity index (χ1n) is 5.71. The Morgan fingerprint density at radius 1 is 1.53 bits per heavy atom. The fraction of sp³-hybridized carbons (Fsp3) is 0.154. The average molecular weight is 274 g/mol. The molecule has 1 aromatic carbocycles. The number of amides is 1. The maximum absolute atomic E-state index is 11.9. The largest absolute Gasteiger partial charge is 0.389 e. The van der Waals surface area contributed by atoms with Gasteiger partial charge in [0.1, 0.15) is 10.7 Å². The Hall–Kier alpha value is -2.21. The van der Waals surface area contributed by atoms with Gasteiger partial charge >= 0.3 is 0 Å². The van der Waals surface area contributed by atoms with Crippen LogP contribution in [0.1, 0.15) is 21.6 Å². The average Bonchev–Trinajstić information content (AvgIpc) is 2.82. The highest BCUT2D eigenvalue weighted by Crippen LogP contribution is 2.05. The van der Waals surface area contributed by atoms with E-state index >= 15 is 0 Å². The maximum Gasteiger partial charge on any atom is 0.269 e. The number of nitrogens with zero attached hydrogens (tertiary/aromatic N) is 2. The summed E-state index contributed by atoms with van der Waals surface area (Å²) in [5, 5.41) is 2.82. The molecule has 0 spiro atoms. The minimum Gasteiger partial charge on any atom is -0.389 e. The first kappa shape index (κ1) is 13.2. The van der Waals surface area contributed by atoms with E-state index in [9.17, 15) is 4.79 Å². The summed E-state index contributed by atoms with van der Waals surface area (Å²) in [5.41, 5.74) is 7.83. The SMILES string of the molecule is Cn1cncc1C(=O)NCc1cccc(C(N)=S)c1. The van der Waals surface area contributed by atoms with Crippen LogP contribution < -0.4 is 11.1 Å². The van der Waals surface area contributed by atoms with Crippen molar-refractivity contribution < 1.29 is 4.79 Å². The third-order valence-corrected chi connectivity index (χ3v) is 2.95. The zero-order valence-corrected chi connectivity index (χ0v) is 11.3. The summed E-state index contributed by atoms with van der Waals surface area (Å²) >= 11 is 4.92. The Kier molecular flexibility index (Phi) is 3.91. The Bertz CT molecular complexity index is 621. The van der Waals surface area contributed by atoms with Gasteiger partial charge in [0.25, 0.3) is 5.91 Å². The number of aromatic nitrogens is 2. The lowest BCUT2D eigenvalue weighted by Crippen LogP contribution is -2.25. The fourth-order valence-corrected chi connectivity index (χ4v) is 1.81. The van der Waals surface area contributed by atoms with Gasteiger partial charge in [0.15, 0.2) is 0 Å². The van der Waals surface area contributed by atoms with Crippen molar-refractivity contribution in [3.63, 3.8) is 0 Å². The van der Waals surface area contributed by atoms with Gasteiger partial charge in [0, 0.05) is 19.2 Å². The van der Waals surface area contributed by atoms with Gasteiger partial charge in [-0.05, 0) is 11.6 Å². The summed E-state index contributed by atoms with van der Waals surface area (Å²) in [7, 11) is 1.77. The van der Waals surface area contributed by atoms with E-state index in [4.69, 9.17) is 18.0 Å². The van der Waals surface area contributed by atoms with Gasteiger partial charge < -0.3 is 15.6 Å². The van der Waals surface area contributed by atoms with E-state index in [-0.39, 0.29) is 5.91 Å². The first-order chi connectivity index (χ1) is 9.08. The molecule has 0 aliphatic heterocycles. The molecule has 0 saturated heterocycles. The summed E-state index contributed by atoms with van der Waals surface area (Å²) in [4.78, 5) is 16.1. The standard InChI is InChI=1S/C13H14N4OS/c1-17-8-15-7-11(17)13(18)16-6-9-3-2-4-10(5-9)12(14)19/h2-5,7-8H,6H2,1H3,(H2,14,19)(H,16,18). The van der Waals surface area contributed by atoms with Crippen LogP contribution in [0, 0.1) is 0 Å². The number of nitrogens with one attached hydrogen (secondary N) is 1. The van der Waals surface area contributed by atoms with Crippen LogP contribution in [-0.2, 0) is 13.6 Å². The smallest absolute Gasteiger partial charge is 0.269 e. The number of thiocarbonyl (C=S) groups is 1. The molecule has 1 amide bonds. The molecule has 0 atom stereocenters. The summed E-state index contributed by atoms with van der Waals surface area (Å²) in [6, 6.07) is 7.48. The van der Waals surface area contributed by atoms with Gasteiger partial charge in [-0.2, -0.15) is 0 Å². The monoisotopic (exact) mass is 274 g/mol. The molecule has 0 bridgehead atoms. The van der Waals surface area contributed by atoms with Crippen LogP contribution in [0.25, 0.3) is 0 Å². The van der Waals surface area contributed by atoms with E-state index in [1.54, 1.807) is 17.9 Å². The van der Waals surface area contributed by atoms with Gasteiger partial charge in [-0.3, -0.25) is 4.79 Å². The number of aryl methyl sites for hydroxylation is 1. The lowest BCUT2D eigenvalue weighted by Gasteiger charge is -2.07. The molecule has 1 heterocycles. The molecule has 6 heteroatoms. The van der Waals surface area contributed by atoms with E-state index in [1.165, 1.54) is 6.20 Å². The predicted octanol–water partition coefficient (Wildman–Crippen LogP) is 0.984. The summed E-state index contributed by atoms with van der Waals surface area (Å²) in [6.45, 7) is 0.417. The molecule has 98 valence electrons. The number of carbonyl (C=O) groups is 1. The van der Waals surface area contributed by atoms with Crippen molar-refractivity contribution in [1.29, 1.82) is 0 Å². The van der Waals surface area contributed by atoms with E-state index in [0.29, 0.717) is 17.2 Å². The number of nitrogens with two attached hydrogens (primary N) is 1. The number of benzene rings is 1. The Labute approximate surface area is 116 Å². The molecule has 5 nitrogen and oxygen atoms in total.